The predicted molar refractivity (Wildman–Crippen MR) is 83.9 cm³/mol. The average Bonchev–Trinajstić information content (AvgIpc) is 3.09. The van der Waals surface area contributed by atoms with Crippen molar-refractivity contribution in [1.82, 2.24) is 9.80 Å². The first-order valence-electron chi connectivity index (χ1n) is 7.37. The molecule has 0 saturated carbocycles. The van der Waals surface area contributed by atoms with Gasteiger partial charge < -0.3 is 9.80 Å². The highest BCUT2D eigenvalue weighted by Gasteiger charge is 2.32. The molecule has 0 unspecified atom stereocenters. The maximum atomic E-state index is 12.5. The van der Waals surface area contributed by atoms with Crippen LogP contribution in [0, 0.1) is 6.92 Å². The Labute approximate surface area is 129 Å². The molecule has 112 valence electrons. The van der Waals surface area contributed by atoms with Gasteiger partial charge in [0.05, 0.1) is 17.7 Å². The summed E-state index contributed by atoms with van der Waals surface area (Å²) in [5.74, 6) is 1.32. The maximum Gasteiger partial charge on any atom is 0.242 e. The third-order valence-corrected chi connectivity index (χ3v) is 5.13. The van der Waals surface area contributed by atoms with Crippen LogP contribution in [0.15, 0.2) is 24.3 Å². The molecular weight excluding hydrogens is 284 g/mol. The molecule has 0 N–H and O–H groups in total. The third-order valence-electron chi connectivity index (χ3n) is 4.19. The fourth-order valence-corrected chi connectivity index (χ4v) is 3.90. The lowest BCUT2D eigenvalue weighted by Crippen LogP contribution is -2.40. The van der Waals surface area contributed by atoms with Crippen molar-refractivity contribution >= 4 is 23.6 Å². The van der Waals surface area contributed by atoms with E-state index in [2.05, 4.69) is 31.2 Å². The lowest BCUT2D eigenvalue weighted by Gasteiger charge is -2.27. The van der Waals surface area contributed by atoms with Crippen LogP contribution in [0.1, 0.15) is 30.0 Å². The molecule has 1 aromatic carbocycles. The molecule has 0 aliphatic carbocycles. The van der Waals surface area contributed by atoms with Crippen LogP contribution in [0.5, 0.6) is 0 Å². The number of carbonyl (C=O) groups excluding carboxylic acids is 2. The Morgan fingerprint density at radius 2 is 2.10 bits per heavy atom. The molecule has 0 spiro atoms. The molecule has 0 radical (unpaired) electrons. The van der Waals surface area contributed by atoms with Gasteiger partial charge in [-0.15, -0.1) is 11.8 Å². The highest BCUT2D eigenvalue weighted by molar-refractivity contribution is 8.00. The van der Waals surface area contributed by atoms with Crippen LogP contribution in [-0.2, 0) is 9.59 Å². The van der Waals surface area contributed by atoms with Crippen LogP contribution in [-0.4, -0.2) is 46.3 Å². The SMILES string of the molecule is Cc1ccc([C@H]2CCCN2C(=O)CN2CSCC2=O)cc1. The van der Waals surface area contributed by atoms with Gasteiger partial charge in [0.15, 0.2) is 0 Å². The van der Waals surface area contributed by atoms with Crippen LogP contribution in [0.3, 0.4) is 0 Å². The van der Waals surface area contributed by atoms with Crippen molar-refractivity contribution in [2.75, 3.05) is 24.7 Å². The quantitative estimate of drug-likeness (QED) is 0.859. The molecule has 2 aliphatic heterocycles. The monoisotopic (exact) mass is 304 g/mol. The average molecular weight is 304 g/mol. The van der Waals surface area contributed by atoms with Crippen molar-refractivity contribution < 1.29 is 9.59 Å². The molecule has 1 aromatic rings. The first-order valence-corrected chi connectivity index (χ1v) is 8.52. The molecule has 4 nitrogen and oxygen atoms in total. The summed E-state index contributed by atoms with van der Waals surface area (Å²) in [5, 5.41) is 0. The Kier molecular flexibility index (Phi) is 4.19. The summed E-state index contributed by atoms with van der Waals surface area (Å²) < 4.78 is 0. The van der Waals surface area contributed by atoms with E-state index < -0.39 is 0 Å². The van der Waals surface area contributed by atoms with Crippen molar-refractivity contribution in [3.63, 3.8) is 0 Å². The molecule has 0 aromatic heterocycles. The van der Waals surface area contributed by atoms with Crippen LogP contribution >= 0.6 is 11.8 Å². The molecule has 2 fully saturated rings. The van der Waals surface area contributed by atoms with Crippen LogP contribution < -0.4 is 0 Å². The summed E-state index contributed by atoms with van der Waals surface area (Å²) >= 11 is 1.58. The minimum Gasteiger partial charge on any atom is -0.334 e. The minimum absolute atomic E-state index is 0.0777. The van der Waals surface area contributed by atoms with Gasteiger partial charge in [0.2, 0.25) is 11.8 Å². The van der Waals surface area contributed by atoms with E-state index in [4.69, 9.17) is 0 Å². The molecular formula is C16H20N2O2S. The number of nitrogens with zero attached hydrogens (tertiary/aromatic N) is 2. The summed E-state index contributed by atoms with van der Waals surface area (Å²) in [6.45, 7) is 3.10. The van der Waals surface area contributed by atoms with E-state index in [1.54, 1.807) is 16.7 Å². The first-order chi connectivity index (χ1) is 10.1. The largest absolute Gasteiger partial charge is 0.334 e. The van der Waals surface area contributed by atoms with Crippen molar-refractivity contribution in [2.45, 2.75) is 25.8 Å². The number of hydrogen-bond acceptors (Lipinski definition) is 3. The third kappa shape index (κ3) is 3.07. The number of likely N-dealkylation sites (tertiary alicyclic amines) is 1. The summed E-state index contributed by atoms with van der Waals surface area (Å²) in [6, 6.07) is 8.59. The van der Waals surface area contributed by atoms with Crippen molar-refractivity contribution in [3.8, 4) is 0 Å². The second-order valence-electron chi connectivity index (χ2n) is 5.73. The van der Waals surface area contributed by atoms with Crippen molar-refractivity contribution in [3.05, 3.63) is 35.4 Å². The topological polar surface area (TPSA) is 40.6 Å². The molecule has 2 amide bonds. The molecule has 21 heavy (non-hydrogen) atoms. The summed E-state index contributed by atoms with van der Waals surface area (Å²) in [5.41, 5.74) is 2.43. The van der Waals surface area contributed by atoms with E-state index in [1.807, 2.05) is 4.90 Å². The maximum absolute atomic E-state index is 12.5. The highest BCUT2D eigenvalue weighted by atomic mass is 32.2. The summed E-state index contributed by atoms with van der Waals surface area (Å²) in [4.78, 5) is 27.8. The van der Waals surface area contributed by atoms with Gasteiger partial charge in [-0.25, -0.2) is 0 Å². The fraction of sp³-hybridized carbons (Fsp3) is 0.500. The van der Waals surface area contributed by atoms with Gasteiger partial charge in [-0.1, -0.05) is 29.8 Å². The molecule has 2 heterocycles. The fourth-order valence-electron chi connectivity index (χ4n) is 2.99. The molecule has 1 atom stereocenters. The number of amides is 2. The van der Waals surface area contributed by atoms with E-state index >= 15 is 0 Å². The Hall–Kier alpha value is -1.49. The van der Waals surface area contributed by atoms with Crippen molar-refractivity contribution in [1.29, 1.82) is 0 Å². The molecule has 2 saturated heterocycles. The van der Waals surface area contributed by atoms with E-state index in [-0.39, 0.29) is 24.4 Å². The number of aryl methyl sites for hydroxylation is 1. The Morgan fingerprint density at radius 3 is 2.76 bits per heavy atom. The minimum atomic E-state index is 0.0777. The standard InChI is InChI=1S/C16H20N2O2S/c1-12-4-6-13(7-5-12)14-3-2-8-18(14)15(19)9-17-11-21-10-16(17)20/h4-7,14H,2-3,8-11H2,1H3/t14-/m1/s1. The molecule has 3 rings (SSSR count). The molecule has 5 heteroatoms. The smallest absolute Gasteiger partial charge is 0.242 e. The number of carbonyl (C=O) groups is 2. The normalized spacial score (nSPS) is 22.1. The second-order valence-corrected chi connectivity index (χ2v) is 6.68. The zero-order chi connectivity index (χ0) is 14.8. The van der Waals surface area contributed by atoms with E-state index in [1.165, 1.54) is 11.1 Å². The Morgan fingerprint density at radius 1 is 1.33 bits per heavy atom. The van der Waals surface area contributed by atoms with Gasteiger partial charge >= 0.3 is 0 Å². The van der Waals surface area contributed by atoms with Crippen LogP contribution in [0.25, 0.3) is 0 Å². The number of rotatable bonds is 3. The van der Waals surface area contributed by atoms with Gasteiger partial charge in [0, 0.05) is 6.54 Å². The lowest BCUT2D eigenvalue weighted by molar-refractivity contribution is -0.138. The molecule has 2 aliphatic rings. The zero-order valence-corrected chi connectivity index (χ0v) is 13.1. The first kappa shape index (κ1) is 14.4. The Bertz CT molecular complexity index is 544. The van der Waals surface area contributed by atoms with Gasteiger partial charge in [0.25, 0.3) is 0 Å². The Balaban J connectivity index is 1.69. The number of benzene rings is 1. The number of hydrogen-bond donors (Lipinski definition) is 0. The van der Waals surface area contributed by atoms with Gasteiger partial charge in [-0.3, -0.25) is 9.59 Å². The lowest BCUT2D eigenvalue weighted by atomic mass is 10.0. The second kappa shape index (κ2) is 6.10. The van der Waals surface area contributed by atoms with Gasteiger partial charge in [-0.05, 0) is 25.3 Å². The van der Waals surface area contributed by atoms with E-state index in [9.17, 15) is 9.59 Å². The summed E-state index contributed by atoms with van der Waals surface area (Å²) in [6.07, 6.45) is 2.05. The number of thioether (sulfide) groups is 1. The predicted octanol–water partition coefficient (Wildman–Crippen LogP) is 2.19. The van der Waals surface area contributed by atoms with Gasteiger partial charge in [0.1, 0.15) is 6.54 Å². The van der Waals surface area contributed by atoms with E-state index in [0.717, 1.165) is 19.4 Å². The van der Waals surface area contributed by atoms with Crippen LogP contribution in [0.4, 0.5) is 0 Å². The summed E-state index contributed by atoms with van der Waals surface area (Å²) in [7, 11) is 0. The van der Waals surface area contributed by atoms with Gasteiger partial charge in [-0.2, -0.15) is 0 Å². The van der Waals surface area contributed by atoms with Crippen molar-refractivity contribution in [2.24, 2.45) is 0 Å². The van der Waals surface area contributed by atoms with Crippen LogP contribution in [0.2, 0.25) is 0 Å². The van der Waals surface area contributed by atoms with E-state index in [0.29, 0.717) is 11.6 Å². The highest BCUT2D eigenvalue weighted by Crippen LogP contribution is 2.32. The molecule has 0 bridgehead atoms. The zero-order valence-electron chi connectivity index (χ0n) is 12.2.